The Morgan fingerprint density at radius 3 is 1.67 bits per heavy atom. The van der Waals surface area contributed by atoms with Crippen LogP contribution in [0, 0.1) is 6.92 Å². The van der Waals surface area contributed by atoms with Gasteiger partial charge in [0.2, 0.25) is 0 Å². The van der Waals surface area contributed by atoms with Crippen LogP contribution < -0.4 is 0 Å². The molecule has 1 heteroatoms. The number of rotatable bonds is 6. The van der Waals surface area contributed by atoms with Crippen LogP contribution in [-0.4, -0.2) is 13.3 Å². The van der Waals surface area contributed by atoms with Crippen LogP contribution in [0.25, 0.3) is 0 Å². The molecule has 0 saturated heterocycles. The van der Waals surface area contributed by atoms with Gasteiger partial charge in [-0.3, -0.25) is 0 Å². The zero-order chi connectivity index (χ0) is 15.6. The zero-order valence-corrected chi connectivity index (χ0v) is 17.3. The molecule has 0 saturated carbocycles. The molecule has 2 rings (SSSR count). The predicted octanol–water partition coefficient (Wildman–Crippen LogP) is 5.74. The van der Waals surface area contributed by atoms with Crippen molar-refractivity contribution >= 4 is 13.3 Å². The van der Waals surface area contributed by atoms with Crippen molar-refractivity contribution in [3.63, 3.8) is 0 Å². The van der Waals surface area contributed by atoms with E-state index in [1.54, 1.807) is 22.3 Å². The second-order valence-corrected chi connectivity index (χ2v) is 18.4. The molecule has 21 heavy (non-hydrogen) atoms. The van der Waals surface area contributed by atoms with Crippen molar-refractivity contribution in [2.45, 2.75) is 88.2 Å². The standard InChI is InChI=1S/C20H34Ge/c1-7-10-16-15(4)17(11-8-2)19-13-21(5,6)14-20(19)18(16)12-9-3/h7-14H2,1-6H3. The van der Waals surface area contributed by atoms with Crippen molar-refractivity contribution in [3.8, 4) is 0 Å². The van der Waals surface area contributed by atoms with Gasteiger partial charge in [-0.2, -0.15) is 0 Å². The Hall–Kier alpha value is -0.237. The van der Waals surface area contributed by atoms with Gasteiger partial charge in [0.1, 0.15) is 0 Å². The Balaban J connectivity index is 2.65. The number of fused-ring (bicyclic) bond motifs is 1. The van der Waals surface area contributed by atoms with E-state index < -0.39 is 13.3 Å². The van der Waals surface area contributed by atoms with E-state index in [-0.39, 0.29) is 0 Å². The van der Waals surface area contributed by atoms with Crippen LogP contribution in [-0.2, 0) is 29.8 Å². The van der Waals surface area contributed by atoms with Gasteiger partial charge in [-0.05, 0) is 0 Å². The average molecular weight is 347 g/mol. The third kappa shape index (κ3) is 3.41. The molecule has 1 aliphatic heterocycles. The molecule has 0 radical (unpaired) electrons. The summed E-state index contributed by atoms with van der Waals surface area (Å²) in [6.45, 7) is 9.45. The van der Waals surface area contributed by atoms with E-state index in [9.17, 15) is 0 Å². The van der Waals surface area contributed by atoms with Crippen molar-refractivity contribution in [1.29, 1.82) is 0 Å². The van der Waals surface area contributed by atoms with Crippen molar-refractivity contribution in [2.75, 3.05) is 0 Å². The van der Waals surface area contributed by atoms with E-state index in [1.165, 1.54) is 49.0 Å². The quantitative estimate of drug-likeness (QED) is 0.576. The van der Waals surface area contributed by atoms with Gasteiger partial charge in [-0.25, -0.2) is 0 Å². The predicted molar refractivity (Wildman–Crippen MR) is 98.1 cm³/mol. The van der Waals surface area contributed by atoms with Crippen LogP contribution >= 0.6 is 0 Å². The molecule has 0 bridgehead atoms. The van der Waals surface area contributed by atoms with E-state index in [0.29, 0.717) is 0 Å². The summed E-state index contributed by atoms with van der Waals surface area (Å²) >= 11 is -1.56. The summed E-state index contributed by atoms with van der Waals surface area (Å²) in [4.78, 5) is 0. The van der Waals surface area contributed by atoms with E-state index in [1.807, 2.05) is 11.1 Å². The summed E-state index contributed by atoms with van der Waals surface area (Å²) in [6, 6.07) is 0. The fraction of sp³-hybridized carbons (Fsp3) is 0.700. The van der Waals surface area contributed by atoms with Gasteiger partial charge in [0.15, 0.2) is 0 Å². The molecule has 1 aromatic rings. The second-order valence-electron chi connectivity index (χ2n) is 7.79. The fourth-order valence-corrected chi connectivity index (χ4v) is 10.4. The number of hydrogen-bond donors (Lipinski definition) is 0. The Labute approximate surface area is 135 Å². The first-order valence-corrected chi connectivity index (χ1v) is 16.3. The van der Waals surface area contributed by atoms with Crippen molar-refractivity contribution < 1.29 is 0 Å². The van der Waals surface area contributed by atoms with Crippen LogP contribution in [0.4, 0.5) is 0 Å². The van der Waals surface area contributed by atoms with Gasteiger partial charge in [-0.15, -0.1) is 0 Å². The Bertz CT molecular complexity index is 511. The third-order valence-corrected chi connectivity index (χ3v) is 10.7. The van der Waals surface area contributed by atoms with Gasteiger partial charge in [0.25, 0.3) is 0 Å². The summed E-state index contributed by atoms with van der Waals surface area (Å²) < 4.78 is 0. The molecule has 0 nitrogen and oxygen atoms in total. The molecule has 0 unspecified atom stereocenters. The van der Waals surface area contributed by atoms with Crippen LogP contribution in [0.1, 0.15) is 73.4 Å². The molecule has 0 spiro atoms. The SMILES string of the molecule is CCCc1c(C)c(CCC)c2c(c1CCC)[CH2][Ge]([CH3])([CH3])[CH2]2. The molecule has 1 aromatic carbocycles. The summed E-state index contributed by atoms with van der Waals surface area (Å²) in [5.74, 6) is 5.28. The van der Waals surface area contributed by atoms with Crippen LogP contribution in [0.15, 0.2) is 0 Å². The summed E-state index contributed by atoms with van der Waals surface area (Å²) in [5.41, 5.74) is 10.6. The van der Waals surface area contributed by atoms with Gasteiger partial charge >= 0.3 is 135 Å². The first-order chi connectivity index (χ1) is 9.95. The Morgan fingerprint density at radius 1 is 0.714 bits per heavy atom. The molecule has 1 heterocycles. The first kappa shape index (κ1) is 17.1. The van der Waals surface area contributed by atoms with Gasteiger partial charge < -0.3 is 0 Å². The molecule has 118 valence electrons. The maximum absolute atomic E-state index is 2.64. The van der Waals surface area contributed by atoms with Gasteiger partial charge in [0, 0.05) is 0 Å². The molecule has 0 atom stereocenters. The number of benzene rings is 1. The maximum atomic E-state index is 2.64. The van der Waals surface area contributed by atoms with Gasteiger partial charge in [0.05, 0.1) is 0 Å². The summed E-state index contributed by atoms with van der Waals surface area (Å²) in [7, 11) is 0. The molecular weight excluding hydrogens is 313 g/mol. The normalized spacial score (nSPS) is 16.3. The van der Waals surface area contributed by atoms with Crippen LogP contribution in [0.3, 0.4) is 0 Å². The molecule has 0 aliphatic carbocycles. The van der Waals surface area contributed by atoms with Gasteiger partial charge in [-0.1, -0.05) is 0 Å². The first-order valence-electron chi connectivity index (χ1n) is 9.10. The van der Waals surface area contributed by atoms with E-state index in [2.05, 4.69) is 39.2 Å². The van der Waals surface area contributed by atoms with Crippen LogP contribution in [0.2, 0.25) is 11.5 Å². The molecule has 0 amide bonds. The Morgan fingerprint density at radius 2 is 1.14 bits per heavy atom. The van der Waals surface area contributed by atoms with E-state index in [0.717, 1.165) is 0 Å². The molecule has 0 aromatic heterocycles. The van der Waals surface area contributed by atoms with E-state index >= 15 is 0 Å². The molecule has 1 aliphatic rings. The fourth-order valence-electron chi connectivity index (χ4n) is 4.36. The van der Waals surface area contributed by atoms with Crippen LogP contribution in [0.5, 0.6) is 0 Å². The van der Waals surface area contributed by atoms with Crippen molar-refractivity contribution in [2.24, 2.45) is 0 Å². The van der Waals surface area contributed by atoms with E-state index in [4.69, 9.17) is 0 Å². The minimum absolute atomic E-state index is 1.28. The minimum atomic E-state index is -1.56. The molecule has 0 N–H and O–H groups in total. The topological polar surface area (TPSA) is 0 Å². The van der Waals surface area contributed by atoms with Crippen molar-refractivity contribution in [3.05, 3.63) is 33.4 Å². The second kappa shape index (κ2) is 6.90. The number of hydrogen-bond acceptors (Lipinski definition) is 0. The van der Waals surface area contributed by atoms with Crippen molar-refractivity contribution in [1.82, 2.24) is 0 Å². The zero-order valence-electron chi connectivity index (χ0n) is 15.2. The Kier molecular flexibility index (Phi) is 5.62. The third-order valence-electron chi connectivity index (χ3n) is 5.17. The summed E-state index contributed by atoms with van der Waals surface area (Å²) in [5, 5.41) is 2.97. The monoisotopic (exact) mass is 348 g/mol. The molecule has 0 fully saturated rings. The molecular formula is C20H34Ge. The average Bonchev–Trinajstić information content (AvgIpc) is 2.74. The summed E-state index contributed by atoms with van der Waals surface area (Å²) in [6.07, 6.45) is 7.77.